The van der Waals surface area contributed by atoms with E-state index in [4.69, 9.17) is 4.74 Å². The summed E-state index contributed by atoms with van der Waals surface area (Å²) in [6.07, 6.45) is 7.42. The number of hydrogen-bond donors (Lipinski definition) is 1. The molecule has 102 valence electrons. The Morgan fingerprint density at radius 2 is 2.24 bits per heavy atom. The largest absolute Gasteiger partial charge is 0.381 e. The van der Waals surface area contributed by atoms with Crippen molar-refractivity contribution in [2.24, 2.45) is 11.3 Å². The zero-order valence-electron chi connectivity index (χ0n) is 11.8. The molecule has 0 saturated carbocycles. The van der Waals surface area contributed by atoms with Gasteiger partial charge in [-0.05, 0) is 50.2 Å². The van der Waals surface area contributed by atoms with Gasteiger partial charge in [0.25, 0.3) is 0 Å². The minimum Gasteiger partial charge on any atom is -0.381 e. The lowest BCUT2D eigenvalue weighted by Crippen LogP contribution is -2.42. The molecular formula is C14H29NOS. The molecule has 0 bridgehead atoms. The molecule has 0 amide bonds. The monoisotopic (exact) mass is 259 g/mol. The van der Waals surface area contributed by atoms with E-state index in [-0.39, 0.29) is 0 Å². The maximum absolute atomic E-state index is 5.73. The van der Waals surface area contributed by atoms with Gasteiger partial charge in [0.15, 0.2) is 0 Å². The second-order valence-electron chi connectivity index (χ2n) is 5.78. The van der Waals surface area contributed by atoms with Crippen molar-refractivity contribution >= 4 is 11.8 Å². The van der Waals surface area contributed by atoms with Gasteiger partial charge in [-0.15, -0.1) is 0 Å². The van der Waals surface area contributed by atoms with Crippen LogP contribution in [0.3, 0.4) is 0 Å². The molecule has 1 aliphatic heterocycles. The summed E-state index contributed by atoms with van der Waals surface area (Å²) in [6.45, 7) is 8.74. The Labute approximate surface area is 111 Å². The van der Waals surface area contributed by atoms with Gasteiger partial charge < -0.3 is 10.1 Å². The third-order valence-corrected chi connectivity index (χ3v) is 4.21. The lowest BCUT2D eigenvalue weighted by Gasteiger charge is -2.37. The first-order chi connectivity index (χ1) is 8.18. The summed E-state index contributed by atoms with van der Waals surface area (Å²) in [5.74, 6) is 2.02. The van der Waals surface area contributed by atoms with E-state index in [9.17, 15) is 0 Å². The molecule has 0 spiro atoms. The van der Waals surface area contributed by atoms with Crippen molar-refractivity contribution in [2.45, 2.75) is 39.5 Å². The van der Waals surface area contributed by atoms with Crippen LogP contribution in [0.25, 0.3) is 0 Å². The zero-order chi connectivity index (χ0) is 12.6. The molecule has 0 aliphatic carbocycles. The number of hydrogen-bond acceptors (Lipinski definition) is 3. The van der Waals surface area contributed by atoms with Gasteiger partial charge in [0.2, 0.25) is 0 Å². The van der Waals surface area contributed by atoms with E-state index in [1.54, 1.807) is 0 Å². The number of ether oxygens (including phenoxy) is 1. The summed E-state index contributed by atoms with van der Waals surface area (Å²) in [5, 5.41) is 3.64. The zero-order valence-corrected chi connectivity index (χ0v) is 12.6. The van der Waals surface area contributed by atoms with Crippen LogP contribution in [0.2, 0.25) is 0 Å². The highest BCUT2D eigenvalue weighted by atomic mass is 32.2. The molecule has 0 aromatic heterocycles. The maximum Gasteiger partial charge on any atom is 0.0534 e. The highest BCUT2D eigenvalue weighted by Gasteiger charge is 2.31. The van der Waals surface area contributed by atoms with Gasteiger partial charge in [-0.3, -0.25) is 0 Å². The summed E-state index contributed by atoms with van der Waals surface area (Å²) in [4.78, 5) is 0. The molecule has 3 heteroatoms. The van der Waals surface area contributed by atoms with Gasteiger partial charge in [0.1, 0.15) is 0 Å². The highest BCUT2D eigenvalue weighted by Crippen LogP contribution is 2.33. The minimum absolute atomic E-state index is 0.420. The van der Waals surface area contributed by atoms with Gasteiger partial charge in [-0.1, -0.05) is 13.8 Å². The fourth-order valence-electron chi connectivity index (χ4n) is 2.55. The van der Waals surface area contributed by atoms with Crippen molar-refractivity contribution in [3.8, 4) is 0 Å². The average molecular weight is 259 g/mol. The number of thioether (sulfide) groups is 1. The van der Waals surface area contributed by atoms with Crippen molar-refractivity contribution in [1.82, 2.24) is 5.32 Å². The van der Waals surface area contributed by atoms with Crippen LogP contribution in [0.4, 0.5) is 0 Å². The SMILES string of the molecule is CSCCCC1(CNCC(C)C)CCCOC1. The van der Waals surface area contributed by atoms with E-state index in [1.807, 2.05) is 11.8 Å². The highest BCUT2D eigenvalue weighted by molar-refractivity contribution is 7.98. The van der Waals surface area contributed by atoms with E-state index in [1.165, 1.54) is 31.4 Å². The Morgan fingerprint density at radius 3 is 2.82 bits per heavy atom. The lowest BCUT2D eigenvalue weighted by atomic mass is 9.78. The molecule has 0 aromatic carbocycles. The van der Waals surface area contributed by atoms with E-state index in [2.05, 4.69) is 25.4 Å². The van der Waals surface area contributed by atoms with Crippen molar-refractivity contribution in [3.05, 3.63) is 0 Å². The first kappa shape index (κ1) is 15.3. The van der Waals surface area contributed by atoms with Crippen LogP contribution in [-0.2, 0) is 4.74 Å². The lowest BCUT2D eigenvalue weighted by molar-refractivity contribution is -0.0124. The predicted octanol–water partition coefficient (Wildman–Crippen LogP) is 3.17. The molecule has 1 unspecified atom stereocenters. The van der Waals surface area contributed by atoms with E-state index in [0.29, 0.717) is 5.41 Å². The second kappa shape index (κ2) is 8.39. The molecule has 1 atom stereocenters. The van der Waals surface area contributed by atoms with E-state index >= 15 is 0 Å². The van der Waals surface area contributed by atoms with Crippen molar-refractivity contribution in [3.63, 3.8) is 0 Å². The maximum atomic E-state index is 5.73. The predicted molar refractivity (Wildman–Crippen MR) is 77.8 cm³/mol. The van der Waals surface area contributed by atoms with Crippen LogP contribution in [-0.4, -0.2) is 38.3 Å². The van der Waals surface area contributed by atoms with Crippen LogP contribution in [0.1, 0.15) is 39.5 Å². The fraction of sp³-hybridized carbons (Fsp3) is 1.00. The van der Waals surface area contributed by atoms with Crippen molar-refractivity contribution < 1.29 is 4.74 Å². The van der Waals surface area contributed by atoms with Gasteiger partial charge >= 0.3 is 0 Å². The van der Waals surface area contributed by atoms with Crippen LogP contribution >= 0.6 is 11.8 Å². The topological polar surface area (TPSA) is 21.3 Å². The van der Waals surface area contributed by atoms with Crippen LogP contribution in [0.5, 0.6) is 0 Å². The molecule has 2 nitrogen and oxygen atoms in total. The summed E-state index contributed by atoms with van der Waals surface area (Å²) in [5.41, 5.74) is 0.420. The first-order valence-electron chi connectivity index (χ1n) is 6.96. The third-order valence-electron chi connectivity index (χ3n) is 3.51. The molecule has 1 saturated heterocycles. The van der Waals surface area contributed by atoms with Crippen molar-refractivity contribution in [1.29, 1.82) is 0 Å². The molecule has 0 radical (unpaired) electrons. The smallest absolute Gasteiger partial charge is 0.0534 e. The molecule has 1 fully saturated rings. The van der Waals surface area contributed by atoms with E-state index < -0.39 is 0 Å². The summed E-state index contributed by atoms with van der Waals surface area (Å²) < 4.78 is 5.73. The Bertz CT molecular complexity index is 191. The van der Waals surface area contributed by atoms with E-state index in [0.717, 1.165) is 32.2 Å². The Kier molecular flexibility index (Phi) is 7.56. The summed E-state index contributed by atoms with van der Waals surface area (Å²) in [6, 6.07) is 0. The number of nitrogens with one attached hydrogen (secondary N) is 1. The van der Waals surface area contributed by atoms with Gasteiger partial charge in [0.05, 0.1) is 6.61 Å². The van der Waals surface area contributed by atoms with Crippen LogP contribution < -0.4 is 5.32 Å². The normalized spacial score (nSPS) is 25.4. The quantitative estimate of drug-likeness (QED) is 0.677. The molecule has 0 aromatic rings. The fourth-order valence-corrected chi connectivity index (χ4v) is 2.99. The number of rotatable bonds is 8. The Morgan fingerprint density at radius 1 is 1.41 bits per heavy atom. The van der Waals surface area contributed by atoms with Gasteiger partial charge in [-0.2, -0.15) is 11.8 Å². The second-order valence-corrected chi connectivity index (χ2v) is 6.76. The first-order valence-corrected chi connectivity index (χ1v) is 8.35. The van der Waals surface area contributed by atoms with Crippen LogP contribution in [0.15, 0.2) is 0 Å². The van der Waals surface area contributed by atoms with Crippen LogP contribution in [0, 0.1) is 11.3 Å². The molecule has 1 N–H and O–H groups in total. The minimum atomic E-state index is 0.420. The molecule has 1 rings (SSSR count). The third kappa shape index (κ3) is 6.12. The summed E-state index contributed by atoms with van der Waals surface area (Å²) >= 11 is 1.96. The van der Waals surface area contributed by atoms with Gasteiger partial charge in [-0.25, -0.2) is 0 Å². The van der Waals surface area contributed by atoms with Crippen molar-refractivity contribution in [2.75, 3.05) is 38.3 Å². The molecule has 1 aliphatic rings. The average Bonchev–Trinajstić information content (AvgIpc) is 2.30. The molecule has 1 heterocycles. The molecular weight excluding hydrogens is 230 g/mol. The Hall–Kier alpha value is 0.270. The standard InChI is InChI=1S/C14H29NOS/c1-13(2)10-15-11-14(7-5-9-17-3)6-4-8-16-12-14/h13,15H,4-12H2,1-3H3. The Balaban J connectivity index is 2.34. The van der Waals surface area contributed by atoms with Gasteiger partial charge in [0, 0.05) is 18.6 Å². The summed E-state index contributed by atoms with van der Waals surface area (Å²) in [7, 11) is 0. The molecule has 17 heavy (non-hydrogen) atoms.